The number of hydrogen-bond donors (Lipinski definition) is 0. The van der Waals surface area contributed by atoms with Crippen LogP contribution in [0, 0.1) is 5.92 Å². The van der Waals surface area contributed by atoms with Crippen molar-refractivity contribution in [1.82, 2.24) is 0 Å². The molecule has 21 heavy (non-hydrogen) atoms. The monoisotopic (exact) mass is 324 g/mol. The van der Waals surface area contributed by atoms with Crippen molar-refractivity contribution < 1.29 is 14.3 Å². The molecule has 2 rings (SSSR count). The average Bonchev–Trinajstić information content (AvgIpc) is 2.47. The van der Waals surface area contributed by atoms with Gasteiger partial charge >= 0.3 is 0 Å². The van der Waals surface area contributed by atoms with Gasteiger partial charge in [-0.2, -0.15) is 0 Å². The molecule has 1 heterocycles. The van der Waals surface area contributed by atoms with Crippen molar-refractivity contribution in [3.05, 3.63) is 29.8 Å². The zero-order valence-corrected chi connectivity index (χ0v) is 14.2. The van der Waals surface area contributed by atoms with Crippen LogP contribution in [-0.2, 0) is 13.7 Å². The first-order chi connectivity index (χ1) is 10.0. The molecule has 0 saturated carbocycles. The molecule has 0 bridgehead atoms. The number of Topliss-reactive ketones (excluding diaryl/α,β-unsaturated/α-hetero) is 2. The lowest BCUT2D eigenvalue weighted by molar-refractivity contribution is -0.130. The quantitative estimate of drug-likeness (QED) is 0.775. The number of benzene rings is 1. The molecular formula is C16H20O3S2. The second kappa shape index (κ2) is 6.88. The molecule has 0 unspecified atom stereocenters. The Bertz CT molecular complexity index is 505. The lowest BCUT2D eigenvalue weighted by atomic mass is 9.91. The van der Waals surface area contributed by atoms with Gasteiger partial charge in [-0.1, -0.05) is 12.1 Å². The molecule has 0 amide bonds. The van der Waals surface area contributed by atoms with Gasteiger partial charge in [-0.25, -0.2) is 0 Å². The van der Waals surface area contributed by atoms with Crippen LogP contribution in [0.2, 0.25) is 0 Å². The maximum absolute atomic E-state index is 12.1. The molecule has 0 atom stereocenters. The molecule has 1 aliphatic heterocycles. The minimum atomic E-state index is -0.596. The highest BCUT2D eigenvalue weighted by atomic mass is 32.2. The predicted molar refractivity (Wildman–Crippen MR) is 89.1 cm³/mol. The lowest BCUT2D eigenvalue weighted by Crippen LogP contribution is -2.40. The summed E-state index contributed by atoms with van der Waals surface area (Å²) in [7, 11) is 1.63. The molecule has 3 nitrogen and oxygen atoms in total. The van der Waals surface area contributed by atoms with Gasteiger partial charge in [0.05, 0.1) is 7.11 Å². The first kappa shape index (κ1) is 16.4. The number of hydrogen-bond acceptors (Lipinski definition) is 5. The third-order valence-corrected chi connectivity index (χ3v) is 7.10. The van der Waals surface area contributed by atoms with E-state index < -0.39 is 10.00 Å². The van der Waals surface area contributed by atoms with Gasteiger partial charge in [0.25, 0.3) is 0 Å². The second-order valence-corrected chi connectivity index (χ2v) is 8.04. The number of ether oxygens (including phenoxy) is 1. The van der Waals surface area contributed by atoms with Crippen molar-refractivity contribution in [2.24, 2.45) is 5.92 Å². The molecule has 1 aromatic rings. The predicted octanol–water partition coefficient (Wildman–Crippen LogP) is 3.51. The third kappa shape index (κ3) is 3.29. The maximum Gasteiger partial charge on any atom is 0.142 e. The van der Waals surface area contributed by atoms with Gasteiger partial charge in [0.2, 0.25) is 0 Å². The van der Waals surface area contributed by atoms with Crippen LogP contribution in [0.3, 0.4) is 0 Å². The Morgan fingerprint density at radius 2 is 1.62 bits per heavy atom. The Kier molecular flexibility index (Phi) is 5.38. The van der Waals surface area contributed by atoms with Crippen LogP contribution in [0.4, 0.5) is 0 Å². The first-order valence-corrected chi connectivity index (χ1v) is 8.91. The number of thioether (sulfide) groups is 2. The molecule has 1 saturated heterocycles. The fourth-order valence-corrected chi connectivity index (χ4v) is 6.50. The van der Waals surface area contributed by atoms with Gasteiger partial charge < -0.3 is 4.74 Å². The van der Waals surface area contributed by atoms with Crippen LogP contribution < -0.4 is 4.74 Å². The maximum atomic E-state index is 12.1. The third-order valence-electron chi connectivity index (χ3n) is 3.61. The van der Waals surface area contributed by atoms with Crippen LogP contribution >= 0.6 is 23.5 Å². The summed E-state index contributed by atoms with van der Waals surface area (Å²) in [5, 5.41) is 0. The number of ketones is 2. The summed E-state index contributed by atoms with van der Waals surface area (Å²) in [4.78, 5) is 24.2. The molecule has 0 aromatic heterocycles. The smallest absolute Gasteiger partial charge is 0.142 e. The Hall–Kier alpha value is -0.940. The van der Waals surface area contributed by atoms with Crippen LogP contribution in [-0.4, -0.2) is 30.2 Å². The van der Waals surface area contributed by atoms with E-state index in [1.54, 1.807) is 30.6 Å². The highest BCUT2D eigenvalue weighted by molar-refractivity contribution is 8.18. The summed E-state index contributed by atoms with van der Waals surface area (Å²) >= 11 is 3.44. The van der Waals surface area contributed by atoms with E-state index in [2.05, 4.69) is 0 Å². The number of carbonyl (C=O) groups is 2. The zero-order chi connectivity index (χ0) is 15.5. The molecule has 0 N–H and O–H groups in total. The van der Waals surface area contributed by atoms with Crippen molar-refractivity contribution in [3.63, 3.8) is 0 Å². The van der Waals surface area contributed by atoms with E-state index in [-0.39, 0.29) is 11.6 Å². The van der Waals surface area contributed by atoms with E-state index in [1.165, 1.54) is 13.8 Å². The van der Waals surface area contributed by atoms with Crippen molar-refractivity contribution in [2.45, 2.75) is 24.3 Å². The summed E-state index contributed by atoms with van der Waals surface area (Å²) in [6.45, 7) is 3.04. The van der Waals surface area contributed by atoms with E-state index in [0.717, 1.165) is 29.2 Å². The highest BCUT2D eigenvalue weighted by Crippen LogP contribution is 2.55. The molecule has 5 heteroatoms. The Morgan fingerprint density at radius 1 is 1.10 bits per heavy atom. The number of rotatable bonds is 5. The number of methoxy groups -OCH3 is 1. The fourth-order valence-electron chi connectivity index (χ4n) is 2.69. The highest BCUT2D eigenvalue weighted by Gasteiger charge is 2.47. The van der Waals surface area contributed by atoms with Gasteiger partial charge in [-0.05, 0) is 49.5 Å². The summed E-state index contributed by atoms with van der Waals surface area (Å²) in [5.74, 6) is 2.01. The molecule has 114 valence electrons. The summed E-state index contributed by atoms with van der Waals surface area (Å²) < 4.78 is 4.70. The minimum absolute atomic E-state index is 0.0554. The van der Waals surface area contributed by atoms with Crippen molar-refractivity contribution in [3.8, 4) is 5.75 Å². The number of carbonyl (C=O) groups excluding carboxylic acids is 2. The Balaban J connectivity index is 2.49. The Morgan fingerprint density at radius 3 is 2.05 bits per heavy atom. The molecule has 0 spiro atoms. The van der Waals surface area contributed by atoms with Crippen LogP contribution in [0.15, 0.2) is 24.3 Å². The first-order valence-electron chi connectivity index (χ1n) is 6.94. The minimum Gasteiger partial charge on any atom is -0.497 e. The standard InChI is InChI=1S/C16H20O3S2/c1-11(17)15(12(2)18)16(20-9-4-10-21-16)13-5-7-14(19-3)8-6-13/h5-8,15H,4,9-10H2,1-3H3. The average molecular weight is 324 g/mol. The van der Waals surface area contributed by atoms with Gasteiger partial charge in [-0.15, -0.1) is 23.5 Å². The van der Waals surface area contributed by atoms with Gasteiger partial charge in [0.1, 0.15) is 27.3 Å². The van der Waals surface area contributed by atoms with E-state index in [0.29, 0.717) is 0 Å². The topological polar surface area (TPSA) is 43.4 Å². The van der Waals surface area contributed by atoms with Gasteiger partial charge in [0, 0.05) is 0 Å². The van der Waals surface area contributed by atoms with Crippen LogP contribution in [0.1, 0.15) is 25.8 Å². The summed E-state index contributed by atoms with van der Waals surface area (Å²) in [5.41, 5.74) is 1.02. The van der Waals surface area contributed by atoms with Crippen molar-refractivity contribution in [1.29, 1.82) is 0 Å². The largest absolute Gasteiger partial charge is 0.497 e. The summed E-state index contributed by atoms with van der Waals surface area (Å²) in [6.07, 6.45) is 1.11. The second-order valence-electron chi connectivity index (χ2n) is 5.10. The molecule has 0 radical (unpaired) electrons. The molecule has 1 fully saturated rings. The van der Waals surface area contributed by atoms with Crippen molar-refractivity contribution in [2.75, 3.05) is 18.6 Å². The van der Waals surface area contributed by atoms with Gasteiger partial charge in [0.15, 0.2) is 0 Å². The SMILES string of the molecule is COc1ccc(C2(C(C(C)=O)C(C)=O)SCCCS2)cc1. The Labute approximate surface area is 134 Å². The molecular weight excluding hydrogens is 304 g/mol. The van der Waals surface area contributed by atoms with Crippen molar-refractivity contribution >= 4 is 35.1 Å². The fraction of sp³-hybridized carbons (Fsp3) is 0.500. The summed E-state index contributed by atoms with van der Waals surface area (Å²) in [6, 6.07) is 7.74. The van der Waals surface area contributed by atoms with Crippen LogP contribution in [0.25, 0.3) is 0 Å². The normalized spacial score (nSPS) is 17.5. The van der Waals surface area contributed by atoms with Gasteiger partial charge in [-0.3, -0.25) is 9.59 Å². The molecule has 1 aliphatic rings. The zero-order valence-electron chi connectivity index (χ0n) is 12.5. The molecule has 0 aliphatic carbocycles. The van der Waals surface area contributed by atoms with Crippen LogP contribution in [0.5, 0.6) is 5.75 Å². The van der Waals surface area contributed by atoms with E-state index >= 15 is 0 Å². The van der Waals surface area contributed by atoms with E-state index in [1.807, 2.05) is 24.3 Å². The molecule has 1 aromatic carbocycles. The van der Waals surface area contributed by atoms with E-state index in [9.17, 15) is 9.59 Å². The van der Waals surface area contributed by atoms with E-state index in [4.69, 9.17) is 4.74 Å². The lowest BCUT2D eigenvalue weighted by Gasteiger charge is -2.40.